The van der Waals surface area contributed by atoms with E-state index in [0.29, 0.717) is 17.1 Å². The van der Waals surface area contributed by atoms with Gasteiger partial charge in [-0.05, 0) is 60.7 Å². The van der Waals surface area contributed by atoms with Crippen molar-refractivity contribution < 1.29 is 31.7 Å². The van der Waals surface area contributed by atoms with E-state index in [1.54, 1.807) is 24.3 Å². The molecule has 33 heavy (non-hydrogen) atoms. The number of halogens is 3. The third-order valence-electron chi connectivity index (χ3n) is 4.71. The minimum atomic E-state index is -4.49. The van der Waals surface area contributed by atoms with E-state index in [0.717, 1.165) is 12.1 Å². The van der Waals surface area contributed by atoms with Crippen LogP contribution in [0, 0.1) is 10.1 Å². The van der Waals surface area contributed by atoms with Gasteiger partial charge in [0.25, 0.3) is 5.69 Å². The van der Waals surface area contributed by atoms with E-state index in [2.05, 4.69) is 0 Å². The molecule has 4 rings (SSSR count). The Balaban J connectivity index is 1.47. The average Bonchev–Trinajstić information content (AvgIpc) is 3.47. The summed E-state index contributed by atoms with van der Waals surface area (Å²) in [4.78, 5) is 22.6. The standard InChI is InChI=1S/C24H14F3NO5/c25-24(26,27)17-3-1-2-16(14-17)22-12-13-23(33-22)20(29)10-8-19-9-11-21(32-19)15-4-6-18(7-5-15)28(30)31/h1-14H/b10-8+. The van der Waals surface area contributed by atoms with Crippen LogP contribution in [0.2, 0.25) is 0 Å². The van der Waals surface area contributed by atoms with Crippen LogP contribution in [0.5, 0.6) is 0 Å². The monoisotopic (exact) mass is 453 g/mol. The summed E-state index contributed by atoms with van der Waals surface area (Å²) in [5.74, 6) is 0.418. The van der Waals surface area contributed by atoms with E-state index in [9.17, 15) is 28.1 Å². The zero-order chi connectivity index (χ0) is 23.6. The first-order valence-corrected chi connectivity index (χ1v) is 9.55. The maximum absolute atomic E-state index is 12.9. The summed E-state index contributed by atoms with van der Waals surface area (Å²) in [7, 11) is 0. The number of carbonyl (C=O) groups is 1. The van der Waals surface area contributed by atoms with Gasteiger partial charge in [-0.3, -0.25) is 14.9 Å². The Morgan fingerprint density at radius 1 is 0.879 bits per heavy atom. The maximum Gasteiger partial charge on any atom is 0.416 e. The molecule has 0 fully saturated rings. The van der Waals surface area contributed by atoms with Crippen molar-refractivity contribution in [2.75, 3.05) is 0 Å². The Labute approximate surface area is 184 Å². The van der Waals surface area contributed by atoms with Gasteiger partial charge >= 0.3 is 6.18 Å². The molecule has 0 saturated heterocycles. The van der Waals surface area contributed by atoms with Gasteiger partial charge in [0, 0.05) is 23.3 Å². The minimum absolute atomic E-state index is 0.0409. The summed E-state index contributed by atoms with van der Waals surface area (Å²) in [6.45, 7) is 0. The molecule has 2 aromatic carbocycles. The lowest BCUT2D eigenvalue weighted by Gasteiger charge is -2.07. The zero-order valence-electron chi connectivity index (χ0n) is 16.7. The number of carbonyl (C=O) groups excluding carboxylic acids is 1. The molecule has 0 unspecified atom stereocenters. The van der Waals surface area contributed by atoms with Crippen molar-refractivity contribution in [3.8, 4) is 22.6 Å². The topological polar surface area (TPSA) is 86.5 Å². The molecule has 4 aromatic rings. The van der Waals surface area contributed by atoms with Crippen LogP contribution in [-0.4, -0.2) is 10.7 Å². The summed E-state index contributed by atoms with van der Waals surface area (Å²) < 4.78 is 49.8. The summed E-state index contributed by atoms with van der Waals surface area (Å²) in [6.07, 6.45) is -1.85. The molecule has 2 heterocycles. The number of rotatable bonds is 6. The fourth-order valence-electron chi connectivity index (χ4n) is 3.06. The van der Waals surface area contributed by atoms with Gasteiger partial charge in [-0.1, -0.05) is 12.1 Å². The van der Waals surface area contributed by atoms with Crippen molar-refractivity contribution in [1.29, 1.82) is 0 Å². The number of ketones is 1. The highest BCUT2D eigenvalue weighted by atomic mass is 19.4. The Kier molecular flexibility index (Phi) is 5.70. The van der Waals surface area contributed by atoms with E-state index >= 15 is 0 Å². The quantitative estimate of drug-likeness (QED) is 0.135. The first-order chi connectivity index (χ1) is 15.7. The molecule has 0 aliphatic heterocycles. The first-order valence-electron chi connectivity index (χ1n) is 9.55. The third kappa shape index (κ3) is 4.93. The van der Waals surface area contributed by atoms with Gasteiger partial charge in [-0.15, -0.1) is 0 Å². The van der Waals surface area contributed by atoms with Gasteiger partial charge in [0.1, 0.15) is 17.3 Å². The molecule has 166 valence electrons. The molecule has 0 aliphatic carbocycles. The van der Waals surface area contributed by atoms with Crippen molar-refractivity contribution >= 4 is 17.5 Å². The number of non-ortho nitro benzene ring substituents is 1. The van der Waals surface area contributed by atoms with Crippen molar-refractivity contribution in [1.82, 2.24) is 0 Å². The van der Waals surface area contributed by atoms with Gasteiger partial charge in [-0.2, -0.15) is 13.2 Å². The minimum Gasteiger partial charge on any atom is -0.457 e. The van der Waals surface area contributed by atoms with E-state index in [1.807, 2.05) is 0 Å². The summed E-state index contributed by atoms with van der Waals surface area (Å²) in [5.41, 5.74) is -0.0280. The molecule has 0 radical (unpaired) electrons. The average molecular weight is 453 g/mol. The Morgan fingerprint density at radius 3 is 2.27 bits per heavy atom. The second kappa shape index (κ2) is 8.62. The van der Waals surface area contributed by atoms with Crippen molar-refractivity contribution in [2.24, 2.45) is 0 Å². The zero-order valence-corrected chi connectivity index (χ0v) is 16.7. The predicted octanol–water partition coefficient (Wildman–Crippen LogP) is 7.03. The molecule has 0 saturated carbocycles. The van der Waals surface area contributed by atoms with Crippen LogP contribution in [0.4, 0.5) is 18.9 Å². The number of hydrogen-bond donors (Lipinski definition) is 0. The number of nitro benzene ring substituents is 1. The Morgan fingerprint density at radius 2 is 1.58 bits per heavy atom. The predicted molar refractivity (Wildman–Crippen MR) is 113 cm³/mol. The lowest BCUT2D eigenvalue weighted by atomic mass is 10.1. The van der Waals surface area contributed by atoms with E-state index in [-0.39, 0.29) is 22.8 Å². The fourth-order valence-corrected chi connectivity index (χ4v) is 3.06. The SMILES string of the molecule is O=C(/C=C/c1ccc(-c2ccc([N+](=O)[O-])cc2)o1)c1ccc(-c2cccc(C(F)(F)F)c2)o1. The van der Waals surface area contributed by atoms with Gasteiger partial charge in [0.2, 0.25) is 5.78 Å². The molecule has 2 aromatic heterocycles. The van der Waals surface area contributed by atoms with Gasteiger partial charge in [-0.25, -0.2) is 0 Å². The van der Waals surface area contributed by atoms with Crippen LogP contribution < -0.4 is 0 Å². The Bertz CT molecular complexity index is 1350. The molecule has 0 aliphatic rings. The smallest absolute Gasteiger partial charge is 0.416 e. The highest BCUT2D eigenvalue weighted by molar-refractivity contribution is 6.05. The first kappa shape index (κ1) is 21.8. The van der Waals surface area contributed by atoms with Gasteiger partial charge < -0.3 is 8.83 Å². The van der Waals surface area contributed by atoms with Crippen LogP contribution in [0.15, 0.2) is 87.7 Å². The molecule has 6 nitrogen and oxygen atoms in total. The van der Waals surface area contributed by atoms with Crippen molar-refractivity contribution in [3.05, 3.63) is 106 Å². The van der Waals surface area contributed by atoms with Crippen LogP contribution in [-0.2, 0) is 6.18 Å². The van der Waals surface area contributed by atoms with Gasteiger partial charge in [0.05, 0.1) is 10.5 Å². The molecule has 0 amide bonds. The second-order valence-corrected chi connectivity index (χ2v) is 6.95. The van der Waals surface area contributed by atoms with Crippen LogP contribution >= 0.6 is 0 Å². The van der Waals surface area contributed by atoms with E-state index in [4.69, 9.17) is 8.83 Å². The molecule has 0 N–H and O–H groups in total. The van der Waals surface area contributed by atoms with Gasteiger partial charge in [0.15, 0.2) is 5.76 Å². The number of benzene rings is 2. The molecular formula is C24H14F3NO5. The largest absolute Gasteiger partial charge is 0.457 e. The van der Waals surface area contributed by atoms with E-state index < -0.39 is 22.4 Å². The highest BCUT2D eigenvalue weighted by Crippen LogP contribution is 2.33. The fraction of sp³-hybridized carbons (Fsp3) is 0.0417. The van der Waals surface area contributed by atoms with Crippen molar-refractivity contribution in [2.45, 2.75) is 6.18 Å². The molecule has 0 bridgehead atoms. The summed E-state index contributed by atoms with van der Waals surface area (Å²) >= 11 is 0. The summed E-state index contributed by atoms with van der Waals surface area (Å²) in [5, 5.41) is 10.7. The molecule has 9 heteroatoms. The lowest BCUT2D eigenvalue weighted by Crippen LogP contribution is -2.04. The third-order valence-corrected chi connectivity index (χ3v) is 4.71. The molecular weight excluding hydrogens is 439 g/mol. The highest BCUT2D eigenvalue weighted by Gasteiger charge is 2.30. The van der Waals surface area contributed by atoms with Crippen LogP contribution in [0.3, 0.4) is 0 Å². The number of nitro groups is 1. The molecule has 0 spiro atoms. The number of allylic oxidation sites excluding steroid dienone is 1. The second-order valence-electron chi connectivity index (χ2n) is 6.95. The maximum atomic E-state index is 12.9. The van der Waals surface area contributed by atoms with Crippen LogP contribution in [0.25, 0.3) is 28.7 Å². The van der Waals surface area contributed by atoms with Crippen LogP contribution in [0.1, 0.15) is 21.9 Å². The number of hydrogen-bond acceptors (Lipinski definition) is 5. The Hall–Kier alpha value is -4.40. The van der Waals surface area contributed by atoms with Crippen molar-refractivity contribution in [3.63, 3.8) is 0 Å². The molecule has 0 atom stereocenters. The van der Waals surface area contributed by atoms with E-state index in [1.165, 1.54) is 48.6 Å². The number of alkyl halides is 3. The lowest BCUT2D eigenvalue weighted by molar-refractivity contribution is -0.384. The summed E-state index contributed by atoms with van der Waals surface area (Å²) in [6, 6.07) is 16.5. The normalized spacial score (nSPS) is 11.7. The number of nitrogens with zero attached hydrogens (tertiary/aromatic N) is 1. The number of furan rings is 2.